The Morgan fingerprint density at radius 1 is 1.28 bits per heavy atom. The van der Waals surface area contributed by atoms with Crippen LogP contribution in [0.25, 0.3) is 0 Å². The first kappa shape index (κ1) is 14.7. The van der Waals surface area contributed by atoms with Gasteiger partial charge in [-0.05, 0) is 38.7 Å². The van der Waals surface area contributed by atoms with Crippen LogP contribution in [0.1, 0.15) is 51.2 Å². The third-order valence-electron chi connectivity index (χ3n) is 3.36. The quantitative estimate of drug-likeness (QED) is 0.845. The second-order valence-corrected chi connectivity index (χ2v) is 5.38. The summed E-state index contributed by atoms with van der Waals surface area (Å²) < 4.78 is 0. The minimum absolute atomic E-state index is 0.0131. The summed E-state index contributed by atoms with van der Waals surface area (Å²) in [6, 6.07) is 8.68. The Labute approximate surface area is 111 Å². The van der Waals surface area contributed by atoms with Crippen molar-refractivity contribution in [1.29, 1.82) is 0 Å². The van der Waals surface area contributed by atoms with Crippen molar-refractivity contribution in [3.05, 3.63) is 35.4 Å². The van der Waals surface area contributed by atoms with E-state index in [1.54, 1.807) is 0 Å². The van der Waals surface area contributed by atoms with E-state index in [0.717, 1.165) is 6.42 Å². The van der Waals surface area contributed by atoms with Gasteiger partial charge in [-0.15, -0.1) is 0 Å². The monoisotopic (exact) mass is 247 g/mol. The maximum atomic E-state index is 12.1. The van der Waals surface area contributed by atoms with Crippen LogP contribution in [0.2, 0.25) is 0 Å². The first-order valence-electron chi connectivity index (χ1n) is 6.82. The van der Waals surface area contributed by atoms with Crippen molar-refractivity contribution in [2.75, 3.05) is 0 Å². The molecule has 0 saturated heterocycles. The van der Waals surface area contributed by atoms with Gasteiger partial charge in [-0.3, -0.25) is 4.79 Å². The fourth-order valence-electron chi connectivity index (χ4n) is 2.38. The summed E-state index contributed by atoms with van der Waals surface area (Å²) in [7, 11) is 0. The summed E-state index contributed by atoms with van der Waals surface area (Å²) in [5.74, 6) is 0.459. The molecule has 0 aliphatic rings. The van der Waals surface area contributed by atoms with Gasteiger partial charge in [0.1, 0.15) is 0 Å². The molecular formula is C16H25NO. The molecule has 0 bridgehead atoms. The van der Waals surface area contributed by atoms with Gasteiger partial charge in [0.2, 0.25) is 5.91 Å². The fraction of sp³-hybridized carbons (Fsp3) is 0.562. The van der Waals surface area contributed by atoms with Gasteiger partial charge in [-0.25, -0.2) is 0 Å². The fourth-order valence-corrected chi connectivity index (χ4v) is 2.38. The van der Waals surface area contributed by atoms with Crippen LogP contribution in [-0.4, -0.2) is 11.9 Å². The average molecular weight is 247 g/mol. The van der Waals surface area contributed by atoms with Crippen molar-refractivity contribution in [2.24, 2.45) is 5.92 Å². The lowest BCUT2D eigenvalue weighted by Crippen LogP contribution is -2.36. The molecule has 2 unspecified atom stereocenters. The molecule has 1 amide bonds. The molecule has 18 heavy (non-hydrogen) atoms. The Hall–Kier alpha value is -1.31. The number of nitrogens with one attached hydrogen (secondary N) is 1. The van der Waals surface area contributed by atoms with E-state index in [4.69, 9.17) is 0 Å². The number of amides is 1. The Morgan fingerprint density at radius 3 is 2.44 bits per heavy atom. The van der Waals surface area contributed by atoms with Crippen molar-refractivity contribution >= 4 is 5.91 Å². The summed E-state index contributed by atoms with van der Waals surface area (Å²) >= 11 is 0. The molecule has 1 aromatic carbocycles. The maximum Gasteiger partial charge on any atom is 0.223 e. The number of carbonyl (C=O) groups is 1. The number of carbonyl (C=O) groups excluding carboxylic acids is 1. The molecule has 100 valence electrons. The largest absolute Gasteiger partial charge is 0.354 e. The summed E-state index contributed by atoms with van der Waals surface area (Å²) in [6.45, 7) is 10.3. The van der Waals surface area contributed by atoms with Crippen molar-refractivity contribution in [2.45, 2.75) is 53.0 Å². The van der Waals surface area contributed by atoms with Crippen LogP contribution in [-0.2, 0) is 4.79 Å². The molecule has 0 fully saturated rings. The molecule has 2 nitrogen and oxygen atoms in total. The normalized spacial score (nSPS) is 14.3. The molecule has 2 atom stereocenters. The predicted octanol–water partition coefficient (Wildman–Crippen LogP) is 3.65. The number of hydrogen-bond acceptors (Lipinski definition) is 1. The third kappa shape index (κ3) is 3.86. The second-order valence-electron chi connectivity index (χ2n) is 5.38. The average Bonchev–Trinajstić information content (AvgIpc) is 2.29. The predicted molar refractivity (Wildman–Crippen MR) is 76.7 cm³/mol. The second kappa shape index (κ2) is 6.58. The number of aryl methyl sites for hydroxylation is 1. The summed E-state index contributed by atoms with van der Waals surface area (Å²) in [6.07, 6.45) is 0.982. The van der Waals surface area contributed by atoms with Crippen LogP contribution in [0, 0.1) is 12.8 Å². The Bertz CT molecular complexity index is 398. The van der Waals surface area contributed by atoms with Crippen molar-refractivity contribution in [3.8, 4) is 0 Å². The van der Waals surface area contributed by atoms with Gasteiger partial charge < -0.3 is 5.32 Å². The molecule has 0 radical (unpaired) electrons. The topological polar surface area (TPSA) is 29.1 Å². The maximum absolute atomic E-state index is 12.1. The minimum atomic E-state index is 0.0131. The first-order valence-corrected chi connectivity index (χ1v) is 6.82. The molecule has 0 saturated carbocycles. The van der Waals surface area contributed by atoms with Crippen molar-refractivity contribution < 1.29 is 4.79 Å². The van der Waals surface area contributed by atoms with E-state index >= 15 is 0 Å². The van der Waals surface area contributed by atoms with E-state index in [1.807, 2.05) is 20.8 Å². The highest BCUT2D eigenvalue weighted by molar-refractivity contribution is 5.79. The third-order valence-corrected chi connectivity index (χ3v) is 3.36. The van der Waals surface area contributed by atoms with E-state index in [2.05, 4.69) is 43.4 Å². The molecular weight excluding hydrogens is 222 g/mol. The summed E-state index contributed by atoms with van der Waals surface area (Å²) in [4.78, 5) is 12.1. The Balaban J connectivity index is 2.86. The van der Waals surface area contributed by atoms with E-state index in [-0.39, 0.29) is 17.9 Å². The lowest BCUT2D eigenvalue weighted by Gasteiger charge is -2.24. The molecule has 0 spiro atoms. The minimum Gasteiger partial charge on any atom is -0.354 e. The van der Waals surface area contributed by atoms with Gasteiger partial charge in [-0.2, -0.15) is 0 Å². The highest BCUT2D eigenvalue weighted by Gasteiger charge is 2.24. The zero-order valence-electron chi connectivity index (χ0n) is 12.2. The molecule has 2 heteroatoms. The van der Waals surface area contributed by atoms with Crippen LogP contribution >= 0.6 is 0 Å². The first-order chi connectivity index (χ1) is 8.45. The standard InChI is InChI=1S/C16H25NO/c1-6-15(13(5)16(18)17-11(2)3)14-9-7-8-12(4)10-14/h7-11,13,15H,6H2,1-5H3,(H,17,18). The highest BCUT2D eigenvalue weighted by Crippen LogP contribution is 2.28. The van der Waals surface area contributed by atoms with Gasteiger partial charge in [-0.1, -0.05) is 43.7 Å². The molecule has 1 aromatic rings. The number of hydrogen-bond donors (Lipinski definition) is 1. The van der Waals surface area contributed by atoms with Gasteiger partial charge in [0.25, 0.3) is 0 Å². The molecule has 1 N–H and O–H groups in total. The van der Waals surface area contributed by atoms with E-state index in [1.165, 1.54) is 11.1 Å². The molecule has 0 heterocycles. The van der Waals surface area contributed by atoms with E-state index in [9.17, 15) is 4.79 Å². The molecule has 0 aromatic heterocycles. The Kier molecular flexibility index (Phi) is 5.39. The van der Waals surface area contributed by atoms with Gasteiger partial charge in [0.05, 0.1) is 0 Å². The molecule has 1 rings (SSSR count). The van der Waals surface area contributed by atoms with Crippen LogP contribution in [0.5, 0.6) is 0 Å². The van der Waals surface area contributed by atoms with E-state index in [0.29, 0.717) is 5.92 Å². The number of rotatable bonds is 5. The van der Waals surface area contributed by atoms with Gasteiger partial charge in [0, 0.05) is 12.0 Å². The van der Waals surface area contributed by atoms with Gasteiger partial charge in [0.15, 0.2) is 0 Å². The van der Waals surface area contributed by atoms with Crippen LogP contribution < -0.4 is 5.32 Å². The van der Waals surface area contributed by atoms with Gasteiger partial charge >= 0.3 is 0 Å². The molecule has 0 aliphatic carbocycles. The lowest BCUT2D eigenvalue weighted by atomic mass is 9.84. The SMILES string of the molecule is CCC(c1cccc(C)c1)C(C)C(=O)NC(C)C. The summed E-state index contributed by atoms with van der Waals surface area (Å²) in [5.41, 5.74) is 2.52. The number of benzene rings is 1. The van der Waals surface area contributed by atoms with Crippen molar-refractivity contribution in [3.63, 3.8) is 0 Å². The Morgan fingerprint density at radius 2 is 1.94 bits per heavy atom. The van der Waals surface area contributed by atoms with Crippen LogP contribution in [0.4, 0.5) is 0 Å². The lowest BCUT2D eigenvalue weighted by molar-refractivity contribution is -0.125. The van der Waals surface area contributed by atoms with E-state index < -0.39 is 0 Å². The van der Waals surface area contributed by atoms with Crippen molar-refractivity contribution in [1.82, 2.24) is 5.32 Å². The summed E-state index contributed by atoms with van der Waals surface area (Å²) in [5, 5.41) is 3.00. The zero-order valence-corrected chi connectivity index (χ0v) is 12.2. The molecule has 0 aliphatic heterocycles. The van der Waals surface area contributed by atoms with Crippen LogP contribution in [0.3, 0.4) is 0 Å². The smallest absolute Gasteiger partial charge is 0.223 e. The van der Waals surface area contributed by atoms with Crippen LogP contribution in [0.15, 0.2) is 24.3 Å². The highest BCUT2D eigenvalue weighted by atomic mass is 16.1. The zero-order chi connectivity index (χ0) is 13.7.